The lowest BCUT2D eigenvalue weighted by Gasteiger charge is -2.05. The van der Waals surface area contributed by atoms with E-state index in [2.05, 4.69) is 0 Å². The van der Waals surface area contributed by atoms with Crippen molar-refractivity contribution in [1.82, 2.24) is 0 Å². The molecule has 0 bridgehead atoms. The summed E-state index contributed by atoms with van der Waals surface area (Å²) in [5, 5.41) is 1.91. The number of rotatable bonds is 5. The van der Waals surface area contributed by atoms with E-state index in [9.17, 15) is 9.59 Å². The van der Waals surface area contributed by atoms with E-state index in [1.54, 1.807) is 20.3 Å². The predicted octanol–water partition coefficient (Wildman–Crippen LogP) is 8.07. The van der Waals surface area contributed by atoms with Crippen molar-refractivity contribution in [3.63, 3.8) is 0 Å². The minimum absolute atomic E-state index is 0.159. The second-order valence-electron chi connectivity index (χ2n) is 6.94. The van der Waals surface area contributed by atoms with Crippen LogP contribution < -0.4 is 9.47 Å². The van der Waals surface area contributed by atoms with Crippen molar-refractivity contribution in [3.05, 3.63) is 56.2 Å². The van der Waals surface area contributed by atoms with E-state index in [0.29, 0.717) is 31.3 Å². The fraction of sp³-hybridized carbons (Fsp3) is 0.217. The molecule has 0 aliphatic carbocycles. The van der Waals surface area contributed by atoms with Crippen LogP contribution in [0.5, 0.6) is 11.5 Å². The summed E-state index contributed by atoms with van der Waals surface area (Å²) in [5.74, 6) is 1.04. The Kier molecular flexibility index (Phi) is 8.48. The number of fused-ring (bicyclic) bond motifs is 2. The number of benzene rings is 2. The van der Waals surface area contributed by atoms with Crippen LogP contribution in [0.2, 0.25) is 10.0 Å². The number of methoxy groups -OCH3 is 2. The molecule has 0 saturated carbocycles. The Hall–Kier alpha value is -2.03. The summed E-state index contributed by atoms with van der Waals surface area (Å²) in [5.41, 5.74) is 0. The van der Waals surface area contributed by atoms with E-state index in [4.69, 9.17) is 49.0 Å². The first-order valence-electron chi connectivity index (χ1n) is 9.59. The zero-order valence-corrected chi connectivity index (χ0v) is 21.9. The molecule has 0 unspecified atom stereocenters. The molecule has 0 aliphatic rings. The Balaban J connectivity index is 0.000000189. The summed E-state index contributed by atoms with van der Waals surface area (Å²) >= 11 is 20.3. The Bertz CT molecular complexity index is 1330. The van der Waals surface area contributed by atoms with E-state index in [1.165, 1.54) is 22.7 Å². The SMILES string of the molecule is COc1ccc2sc(C(=O)Cl)c(Cl)c2c1.COc1ccc2sc(C(=O)OC(C)C)c(Cl)c2c1. The van der Waals surface area contributed by atoms with E-state index in [-0.39, 0.29) is 12.1 Å². The summed E-state index contributed by atoms with van der Waals surface area (Å²) in [6, 6.07) is 11.0. The van der Waals surface area contributed by atoms with E-state index in [1.807, 2.05) is 44.2 Å². The van der Waals surface area contributed by atoms with Gasteiger partial charge in [-0.25, -0.2) is 4.79 Å². The fourth-order valence-electron chi connectivity index (χ4n) is 2.87. The van der Waals surface area contributed by atoms with Crippen molar-refractivity contribution in [2.45, 2.75) is 20.0 Å². The van der Waals surface area contributed by atoms with Gasteiger partial charge < -0.3 is 14.2 Å². The molecule has 2 aromatic heterocycles. The average molecular weight is 546 g/mol. The minimum Gasteiger partial charge on any atom is -0.497 e. The number of hydrogen-bond donors (Lipinski definition) is 0. The van der Waals surface area contributed by atoms with Crippen molar-refractivity contribution >= 4 is 88.9 Å². The van der Waals surface area contributed by atoms with Crippen molar-refractivity contribution in [2.24, 2.45) is 0 Å². The highest BCUT2D eigenvalue weighted by atomic mass is 35.5. The molecule has 4 rings (SSSR count). The number of carbonyl (C=O) groups is 2. The Morgan fingerprint density at radius 2 is 1.27 bits per heavy atom. The molecule has 33 heavy (non-hydrogen) atoms. The quantitative estimate of drug-likeness (QED) is 0.187. The smallest absolute Gasteiger partial charge is 0.350 e. The number of ether oxygens (including phenoxy) is 3. The maximum Gasteiger partial charge on any atom is 0.350 e. The van der Waals surface area contributed by atoms with E-state index < -0.39 is 5.24 Å². The predicted molar refractivity (Wildman–Crippen MR) is 138 cm³/mol. The normalized spacial score (nSPS) is 10.8. The lowest BCUT2D eigenvalue weighted by molar-refractivity contribution is 0.0384. The van der Waals surface area contributed by atoms with Gasteiger partial charge in [-0.05, 0) is 61.8 Å². The first kappa shape index (κ1) is 25.6. The second kappa shape index (κ2) is 10.9. The van der Waals surface area contributed by atoms with Crippen LogP contribution in [0.25, 0.3) is 20.2 Å². The van der Waals surface area contributed by atoms with Crippen molar-refractivity contribution in [2.75, 3.05) is 14.2 Å². The van der Waals surface area contributed by atoms with Crippen LogP contribution in [0.1, 0.15) is 33.2 Å². The van der Waals surface area contributed by atoms with Gasteiger partial charge in [-0.15, -0.1) is 22.7 Å². The van der Waals surface area contributed by atoms with Crippen molar-refractivity contribution < 1.29 is 23.8 Å². The molecule has 0 amide bonds. The van der Waals surface area contributed by atoms with Gasteiger partial charge in [0.05, 0.1) is 30.4 Å². The second-order valence-corrected chi connectivity index (χ2v) is 10.1. The van der Waals surface area contributed by atoms with Crippen LogP contribution in [-0.4, -0.2) is 31.5 Å². The lowest BCUT2D eigenvalue weighted by atomic mass is 10.2. The summed E-state index contributed by atoms with van der Waals surface area (Å²) in [6.07, 6.45) is -0.159. The molecule has 174 valence electrons. The topological polar surface area (TPSA) is 61.8 Å². The average Bonchev–Trinajstić information content (AvgIpc) is 3.30. The van der Waals surface area contributed by atoms with Gasteiger partial charge in [0.15, 0.2) is 0 Å². The van der Waals surface area contributed by atoms with Crippen LogP contribution in [0.3, 0.4) is 0 Å². The lowest BCUT2D eigenvalue weighted by Crippen LogP contribution is -2.10. The Labute approximate surface area is 213 Å². The molecule has 0 radical (unpaired) electrons. The third-order valence-electron chi connectivity index (χ3n) is 4.38. The molecule has 0 aliphatic heterocycles. The first-order valence-corrected chi connectivity index (χ1v) is 12.4. The molecule has 10 heteroatoms. The highest BCUT2D eigenvalue weighted by Gasteiger charge is 2.19. The molecule has 4 aromatic rings. The molecule has 2 aromatic carbocycles. The first-order chi connectivity index (χ1) is 15.7. The number of esters is 1. The van der Waals surface area contributed by atoms with Gasteiger partial charge in [-0.2, -0.15) is 0 Å². The fourth-order valence-corrected chi connectivity index (χ4v) is 5.82. The molecule has 0 N–H and O–H groups in total. The van der Waals surface area contributed by atoms with E-state index in [0.717, 1.165) is 20.2 Å². The molecule has 5 nitrogen and oxygen atoms in total. The summed E-state index contributed by atoms with van der Waals surface area (Å²) in [4.78, 5) is 23.7. The van der Waals surface area contributed by atoms with Crippen LogP contribution in [0, 0.1) is 0 Å². The highest BCUT2D eigenvalue weighted by Crippen LogP contribution is 2.39. The molecular formula is C23H19Cl3O5S2. The van der Waals surface area contributed by atoms with Gasteiger partial charge in [0.25, 0.3) is 5.24 Å². The monoisotopic (exact) mass is 544 g/mol. The largest absolute Gasteiger partial charge is 0.497 e. The summed E-state index contributed by atoms with van der Waals surface area (Å²) in [6.45, 7) is 3.62. The zero-order valence-electron chi connectivity index (χ0n) is 18.0. The van der Waals surface area contributed by atoms with Crippen LogP contribution in [0.15, 0.2) is 36.4 Å². The van der Waals surface area contributed by atoms with Crippen molar-refractivity contribution in [3.8, 4) is 11.5 Å². The number of carbonyl (C=O) groups excluding carboxylic acids is 2. The summed E-state index contributed by atoms with van der Waals surface area (Å²) in [7, 11) is 3.17. The minimum atomic E-state index is -0.528. The van der Waals surface area contributed by atoms with E-state index >= 15 is 0 Å². The van der Waals surface area contributed by atoms with Gasteiger partial charge in [0, 0.05) is 20.2 Å². The molecule has 0 atom stereocenters. The maximum absolute atomic E-state index is 11.9. The Morgan fingerprint density at radius 1 is 0.818 bits per heavy atom. The van der Waals surface area contributed by atoms with Gasteiger partial charge in [0.1, 0.15) is 21.3 Å². The standard InChI is InChI=1S/C13H13ClO3S.C10H6Cl2O2S/c1-7(2)17-13(15)12-11(14)9-6-8(16-3)4-5-10(9)18-12;1-14-5-2-3-7-6(4-5)8(11)9(15-7)10(12)13/h4-7H,1-3H3;2-4H,1H3. The molecule has 2 heterocycles. The third-order valence-corrected chi connectivity index (χ3v) is 8.01. The highest BCUT2D eigenvalue weighted by molar-refractivity contribution is 7.23. The number of thiophene rings is 2. The number of halogens is 3. The Morgan fingerprint density at radius 3 is 1.70 bits per heavy atom. The van der Waals surface area contributed by atoms with Gasteiger partial charge >= 0.3 is 5.97 Å². The van der Waals surface area contributed by atoms with Gasteiger partial charge in [-0.3, -0.25) is 4.79 Å². The van der Waals surface area contributed by atoms with Crippen LogP contribution >= 0.6 is 57.5 Å². The maximum atomic E-state index is 11.9. The van der Waals surface area contributed by atoms with Crippen LogP contribution in [0.4, 0.5) is 0 Å². The van der Waals surface area contributed by atoms with Crippen molar-refractivity contribution in [1.29, 1.82) is 0 Å². The molecule has 0 spiro atoms. The molecule has 0 fully saturated rings. The van der Waals surface area contributed by atoms with Gasteiger partial charge in [0.2, 0.25) is 0 Å². The number of hydrogen-bond acceptors (Lipinski definition) is 7. The molecular weight excluding hydrogens is 527 g/mol. The van der Waals surface area contributed by atoms with Crippen LogP contribution in [-0.2, 0) is 4.74 Å². The zero-order chi connectivity index (χ0) is 24.3. The van der Waals surface area contributed by atoms with Gasteiger partial charge in [-0.1, -0.05) is 23.2 Å². The third kappa shape index (κ3) is 5.73. The molecule has 0 saturated heterocycles. The summed E-state index contributed by atoms with van der Waals surface area (Å²) < 4.78 is 17.2.